The maximum Gasteiger partial charge on any atom is 0.437 e. The predicted molar refractivity (Wildman–Crippen MR) is 95.9 cm³/mol. The Balaban J connectivity index is 1.49. The Morgan fingerprint density at radius 2 is 2.00 bits per heavy atom. The van der Waals surface area contributed by atoms with Crippen molar-refractivity contribution in [1.29, 1.82) is 0 Å². The number of carbonyl (C=O) groups is 1. The molecule has 3 rings (SSSR count). The van der Waals surface area contributed by atoms with Crippen LogP contribution in [-0.4, -0.2) is 28.8 Å². The van der Waals surface area contributed by atoms with Gasteiger partial charge in [-0.25, -0.2) is 4.79 Å². The number of rotatable bonds is 7. The average Bonchev–Trinajstić information content (AvgIpc) is 3.00. The van der Waals surface area contributed by atoms with Gasteiger partial charge < -0.3 is 14.5 Å². The van der Waals surface area contributed by atoms with Crippen molar-refractivity contribution in [3.8, 4) is 17.2 Å². The quantitative estimate of drug-likeness (QED) is 0.657. The molecule has 0 spiro atoms. The van der Waals surface area contributed by atoms with Crippen LogP contribution in [0, 0.1) is 6.92 Å². The highest BCUT2D eigenvalue weighted by atomic mass is 16.5. The largest absolute Gasteiger partial charge is 0.492 e. The van der Waals surface area contributed by atoms with Gasteiger partial charge in [0.05, 0.1) is 6.54 Å². The van der Waals surface area contributed by atoms with Gasteiger partial charge in [0.2, 0.25) is 11.8 Å². The summed E-state index contributed by atoms with van der Waals surface area (Å²) in [6.45, 7) is 2.43. The number of hydrogen-bond acceptors (Lipinski definition) is 5. The predicted octanol–water partition coefficient (Wildman–Crippen LogP) is 2.01. The third-order valence-electron chi connectivity index (χ3n) is 3.60. The lowest BCUT2D eigenvalue weighted by Gasteiger charge is -2.08. The van der Waals surface area contributed by atoms with Gasteiger partial charge in [-0.2, -0.15) is 4.68 Å². The topological polar surface area (TPSA) is 86.4 Å². The lowest BCUT2D eigenvalue weighted by atomic mass is 10.2. The monoisotopic (exact) mass is 353 g/mol. The smallest absolute Gasteiger partial charge is 0.437 e. The number of benzene rings is 2. The fraction of sp³-hybridized carbons (Fsp3) is 0.211. The van der Waals surface area contributed by atoms with Crippen LogP contribution in [0.15, 0.2) is 63.8 Å². The molecule has 0 aliphatic carbocycles. The van der Waals surface area contributed by atoms with Gasteiger partial charge in [0.1, 0.15) is 18.9 Å². The van der Waals surface area contributed by atoms with E-state index in [0.717, 1.165) is 16.0 Å². The van der Waals surface area contributed by atoms with Crippen molar-refractivity contribution in [2.45, 2.75) is 13.5 Å². The Morgan fingerprint density at radius 1 is 1.19 bits per heavy atom. The Morgan fingerprint density at radius 3 is 2.77 bits per heavy atom. The second-order valence-electron chi connectivity index (χ2n) is 5.71. The number of nitrogens with one attached hydrogen (secondary N) is 1. The standard InChI is InChI=1S/C19H19N3O4/c1-14-6-5-9-16(12-14)25-11-10-20-17(23)13-22-19(24)26-18(21-22)15-7-3-2-4-8-15/h2-9,12H,10-11,13H2,1H3,(H,20,23). The first kappa shape index (κ1) is 17.5. The summed E-state index contributed by atoms with van der Waals surface area (Å²) in [5.74, 6) is -0.0754. The molecule has 0 bridgehead atoms. The number of hydrogen-bond donors (Lipinski definition) is 1. The van der Waals surface area contributed by atoms with Crippen LogP contribution in [0.1, 0.15) is 5.56 Å². The lowest BCUT2D eigenvalue weighted by Crippen LogP contribution is -2.33. The summed E-state index contributed by atoms with van der Waals surface area (Å²) in [5, 5.41) is 6.74. The molecule has 134 valence electrons. The molecule has 2 aromatic carbocycles. The van der Waals surface area contributed by atoms with E-state index < -0.39 is 5.76 Å². The van der Waals surface area contributed by atoms with Gasteiger partial charge in [0, 0.05) is 5.56 Å². The van der Waals surface area contributed by atoms with Crippen LogP contribution in [0.4, 0.5) is 0 Å². The van der Waals surface area contributed by atoms with Gasteiger partial charge in [-0.15, -0.1) is 5.10 Å². The molecule has 1 N–H and O–H groups in total. The van der Waals surface area contributed by atoms with Crippen molar-refractivity contribution >= 4 is 5.91 Å². The third-order valence-corrected chi connectivity index (χ3v) is 3.60. The number of carbonyl (C=O) groups excluding carboxylic acids is 1. The van der Waals surface area contributed by atoms with Crippen LogP contribution >= 0.6 is 0 Å². The second kappa shape index (κ2) is 8.15. The molecule has 0 aliphatic heterocycles. The van der Waals surface area contributed by atoms with Crippen LogP contribution in [0.3, 0.4) is 0 Å². The van der Waals surface area contributed by atoms with E-state index in [2.05, 4.69) is 10.4 Å². The summed E-state index contributed by atoms with van der Waals surface area (Å²) in [4.78, 5) is 23.8. The van der Waals surface area contributed by atoms with E-state index in [1.165, 1.54) is 0 Å². The minimum atomic E-state index is -0.671. The number of ether oxygens (including phenoxy) is 1. The van der Waals surface area contributed by atoms with Crippen LogP contribution in [0.5, 0.6) is 5.75 Å². The second-order valence-corrected chi connectivity index (χ2v) is 5.71. The maximum atomic E-state index is 12.0. The molecular formula is C19H19N3O4. The fourth-order valence-corrected chi connectivity index (χ4v) is 2.36. The molecule has 26 heavy (non-hydrogen) atoms. The highest BCUT2D eigenvalue weighted by Crippen LogP contribution is 2.14. The Kier molecular flexibility index (Phi) is 5.48. The van der Waals surface area contributed by atoms with Crippen molar-refractivity contribution in [3.05, 3.63) is 70.7 Å². The molecule has 3 aromatic rings. The van der Waals surface area contributed by atoms with Crippen molar-refractivity contribution in [1.82, 2.24) is 15.1 Å². The van der Waals surface area contributed by atoms with Gasteiger partial charge in [0.25, 0.3) is 0 Å². The summed E-state index contributed by atoms with van der Waals surface area (Å²) >= 11 is 0. The molecule has 1 aromatic heterocycles. The van der Waals surface area contributed by atoms with Crippen LogP contribution in [-0.2, 0) is 11.3 Å². The Bertz CT molecular complexity index is 931. The zero-order chi connectivity index (χ0) is 18.4. The van der Waals surface area contributed by atoms with Gasteiger partial charge in [0.15, 0.2) is 0 Å². The Labute approximate surface area is 150 Å². The lowest BCUT2D eigenvalue weighted by molar-refractivity contribution is -0.122. The van der Waals surface area contributed by atoms with Crippen molar-refractivity contribution in [2.75, 3.05) is 13.2 Å². The Hall–Kier alpha value is -3.35. The summed E-state index contributed by atoms with van der Waals surface area (Å²) < 4.78 is 11.6. The molecular weight excluding hydrogens is 334 g/mol. The summed E-state index contributed by atoms with van der Waals surface area (Å²) in [5.41, 5.74) is 1.78. The van der Waals surface area contributed by atoms with Crippen LogP contribution in [0.25, 0.3) is 11.5 Å². The van der Waals surface area contributed by atoms with E-state index in [4.69, 9.17) is 9.15 Å². The van der Waals surface area contributed by atoms with E-state index in [1.54, 1.807) is 12.1 Å². The number of amides is 1. The van der Waals surface area contributed by atoms with Gasteiger partial charge in [-0.1, -0.05) is 30.3 Å². The minimum absolute atomic E-state index is 0.186. The van der Waals surface area contributed by atoms with Crippen LogP contribution < -0.4 is 15.8 Å². The van der Waals surface area contributed by atoms with Crippen molar-refractivity contribution in [2.24, 2.45) is 0 Å². The van der Waals surface area contributed by atoms with Gasteiger partial charge in [-0.3, -0.25) is 4.79 Å². The highest BCUT2D eigenvalue weighted by Gasteiger charge is 2.12. The molecule has 0 fully saturated rings. The summed E-state index contributed by atoms with van der Waals surface area (Å²) in [6.07, 6.45) is 0. The first-order chi connectivity index (χ1) is 12.6. The molecule has 0 saturated heterocycles. The number of nitrogens with zero attached hydrogens (tertiary/aromatic N) is 2. The first-order valence-electron chi connectivity index (χ1n) is 8.21. The summed E-state index contributed by atoms with van der Waals surface area (Å²) in [7, 11) is 0. The molecule has 1 heterocycles. The molecule has 7 heteroatoms. The van der Waals surface area contributed by atoms with Crippen molar-refractivity contribution in [3.63, 3.8) is 0 Å². The molecule has 7 nitrogen and oxygen atoms in total. The average molecular weight is 353 g/mol. The number of aromatic nitrogens is 2. The van der Waals surface area contributed by atoms with Gasteiger partial charge >= 0.3 is 5.76 Å². The SMILES string of the molecule is Cc1cccc(OCCNC(=O)Cn2nc(-c3ccccc3)oc2=O)c1. The zero-order valence-corrected chi connectivity index (χ0v) is 14.3. The maximum absolute atomic E-state index is 12.0. The first-order valence-corrected chi connectivity index (χ1v) is 8.21. The molecule has 0 saturated carbocycles. The highest BCUT2D eigenvalue weighted by molar-refractivity contribution is 5.75. The van der Waals surface area contributed by atoms with E-state index in [-0.39, 0.29) is 18.3 Å². The van der Waals surface area contributed by atoms with Gasteiger partial charge in [-0.05, 0) is 36.8 Å². The van der Waals surface area contributed by atoms with E-state index >= 15 is 0 Å². The van der Waals surface area contributed by atoms with Crippen LogP contribution in [0.2, 0.25) is 0 Å². The minimum Gasteiger partial charge on any atom is -0.492 e. The van der Waals surface area contributed by atoms with E-state index in [0.29, 0.717) is 18.7 Å². The summed E-state index contributed by atoms with van der Waals surface area (Å²) in [6, 6.07) is 16.7. The zero-order valence-electron chi connectivity index (χ0n) is 14.3. The van der Waals surface area contributed by atoms with E-state index in [1.807, 2.05) is 49.4 Å². The fourth-order valence-electron chi connectivity index (χ4n) is 2.36. The molecule has 0 unspecified atom stereocenters. The molecule has 0 atom stereocenters. The van der Waals surface area contributed by atoms with Crippen molar-refractivity contribution < 1.29 is 13.9 Å². The molecule has 1 amide bonds. The molecule has 0 radical (unpaired) electrons. The van der Waals surface area contributed by atoms with E-state index in [9.17, 15) is 9.59 Å². The normalized spacial score (nSPS) is 10.5. The third kappa shape index (κ3) is 4.60. The number of aryl methyl sites for hydroxylation is 1. The molecule has 0 aliphatic rings.